The number of carboxylic acids is 1. The van der Waals surface area contributed by atoms with Gasteiger partial charge in [0.05, 0.1) is 38.5 Å². The molecular formula is C18H24N2O7. The highest BCUT2D eigenvalue weighted by molar-refractivity contribution is 5.96. The van der Waals surface area contributed by atoms with Crippen LogP contribution in [0.15, 0.2) is 12.1 Å². The van der Waals surface area contributed by atoms with Crippen LogP contribution in [0.3, 0.4) is 0 Å². The molecule has 0 spiro atoms. The number of hydrogen-bond acceptors (Lipinski definition) is 6. The van der Waals surface area contributed by atoms with Gasteiger partial charge in [-0.25, -0.2) is 9.59 Å². The van der Waals surface area contributed by atoms with Crippen LogP contribution in [0.2, 0.25) is 0 Å². The molecule has 2 rings (SSSR count). The summed E-state index contributed by atoms with van der Waals surface area (Å²) in [7, 11) is 4.10. The maximum Gasteiger partial charge on any atom is 0.338 e. The minimum atomic E-state index is -0.797. The van der Waals surface area contributed by atoms with Gasteiger partial charge in [0.15, 0.2) is 11.5 Å². The number of aliphatic carboxylic acids is 1. The molecule has 0 unspecified atom stereocenters. The number of hydrogen-bond donors (Lipinski definition) is 3. The van der Waals surface area contributed by atoms with Crippen LogP contribution in [-0.4, -0.2) is 50.4 Å². The fourth-order valence-corrected chi connectivity index (χ4v) is 3.12. The SMILES string of the molecule is COC(=O)c1cc(NC(=O)NC2CCC(C(=O)O)CC2)c(OC)c(OC)c1. The molecule has 1 fully saturated rings. The fraction of sp³-hybridized carbons (Fsp3) is 0.500. The molecule has 0 atom stereocenters. The van der Waals surface area contributed by atoms with Crippen molar-refractivity contribution in [1.82, 2.24) is 5.32 Å². The first-order chi connectivity index (χ1) is 12.9. The van der Waals surface area contributed by atoms with Crippen molar-refractivity contribution in [3.05, 3.63) is 17.7 Å². The average molecular weight is 380 g/mol. The number of rotatable bonds is 6. The van der Waals surface area contributed by atoms with E-state index >= 15 is 0 Å². The highest BCUT2D eigenvalue weighted by Gasteiger charge is 2.27. The molecule has 27 heavy (non-hydrogen) atoms. The van der Waals surface area contributed by atoms with Crippen LogP contribution < -0.4 is 20.1 Å². The van der Waals surface area contributed by atoms with Crippen LogP contribution in [0.1, 0.15) is 36.0 Å². The van der Waals surface area contributed by atoms with Crippen molar-refractivity contribution in [3.8, 4) is 11.5 Å². The number of amides is 2. The Morgan fingerprint density at radius 2 is 1.70 bits per heavy atom. The zero-order valence-corrected chi connectivity index (χ0v) is 15.5. The Morgan fingerprint density at radius 1 is 1.04 bits per heavy atom. The molecule has 1 aliphatic rings. The van der Waals surface area contributed by atoms with E-state index in [9.17, 15) is 14.4 Å². The zero-order chi connectivity index (χ0) is 20.0. The van der Waals surface area contributed by atoms with E-state index in [1.165, 1.54) is 33.5 Å². The molecule has 0 bridgehead atoms. The van der Waals surface area contributed by atoms with Crippen molar-refractivity contribution < 1.29 is 33.7 Å². The van der Waals surface area contributed by atoms with Crippen molar-refractivity contribution in [2.24, 2.45) is 5.92 Å². The average Bonchev–Trinajstić information content (AvgIpc) is 2.66. The number of methoxy groups -OCH3 is 3. The summed E-state index contributed by atoms with van der Waals surface area (Å²) in [5.41, 5.74) is 0.460. The number of carbonyl (C=O) groups is 3. The molecule has 1 aliphatic carbocycles. The second-order valence-electron chi connectivity index (χ2n) is 6.24. The normalized spacial score (nSPS) is 18.9. The van der Waals surface area contributed by atoms with Crippen molar-refractivity contribution in [1.29, 1.82) is 0 Å². The summed E-state index contributed by atoms with van der Waals surface area (Å²) < 4.78 is 15.2. The first-order valence-corrected chi connectivity index (χ1v) is 8.54. The van der Waals surface area contributed by atoms with Gasteiger partial charge in [0.25, 0.3) is 0 Å². The molecular weight excluding hydrogens is 356 g/mol. The molecule has 0 radical (unpaired) electrons. The number of benzene rings is 1. The number of anilines is 1. The van der Waals surface area contributed by atoms with Gasteiger partial charge in [-0.3, -0.25) is 4.79 Å². The molecule has 0 heterocycles. The summed E-state index contributed by atoms with van der Waals surface area (Å²) in [5.74, 6) is -1.18. The Morgan fingerprint density at radius 3 is 2.22 bits per heavy atom. The maximum atomic E-state index is 12.4. The third kappa shape index (κ3) is 5.02. The van der Waals surface area contributed by atoms with Gasteiger partial charge in [-0.2, -0.15) is 0 Å². The molecule has 148 valence electrons. The highest BCUT2D eigenvalue weighted by atomic mass is 16.5. The number of ether oxygens (including phenoxy) is 3. The van der Waals surface area contributed by atoms with Crippen LogP contribution >= 0.6 is 0 Å². The van der Waals surface area contributed by atoms with Gasteiger partial charge < -0.3 is 30.0 Å². The van der Waals surface area contributed by atoms with E-state index in [4.69, 9.17) is 19.3 Å². The third-order valence-electron chi connectivity index (χ3n) is 4.56. The topological polar surface area (TPSA) is 123 Å². The van der Waals surface area contributed by atoms with Crippen LogP contribution in [0, 0.1) is 5.92 Å². The minimum Gasteiger partial charge on any atom is -0.493 e. The van der Waals surface area contributed by atoms with Crippen LogP contribution in [0.5, 0.6) is 11.5 Å². The lowest BCUT2D eigenvalue weighted by molar-refractivity contribution is -0.142. The molecule has 1 aromatic carbocycles. The number of carboxylic acid groups (broad SMARTS) is 1. The predicted octanol–water partition coefficient (Wildman–Crippen LogP) is 2.26. The number of esters is 1. The van der Waals surface area contributed by atoms with Crippen molar-refractivity contribution in [2.75, 3.05) is 26.6 Å². The van der Waals surface area contributed by atoms with Gasteiger partial charge in [0, 0.05) is 6.04 Å². The van der Waals surface area contributed by atoms with Crippen molar-refractivity contribution >= 4 is 23.7 Å². The molecule has 0 aromatic heterocycles. The largest absolute Gasteiger partial charge is 0.493 e. The lowest BCUT2D eigenvalue weighted by Gasteiger charge is -2.27. The molecule has 9 nitrogen and oxygen atoms in total. The first kappa shape index (κ1) is 20.3. The number of carbonyl (C=O) groups excluding carboxylic acids is 2. The lowest BCUT2D eigenvalue weighted by atomic mass is 9.86. The highest BCUT2D eigenvalue weighted by Crippen LogP contribution is 2.37. The van der Waals surface area contributed by atoms with E-state index in [1.807, 2.05) is 0 Å². The predicted molar refractivity (Wildman–Crippen MR) is 96.4 cm³/mol. The second-order valence-corrected chi connectivity index (χ2v) is 6.24. The quantitative estimate of drug-likeness (QED) is 0.647. The van der Waals surface area contributed by atoms with Gasteiger partial charge in [0.1, 0.15) is 0 Å². The summed E-state index contributed by atoms with van der Waals surface area (Å²) in [6.45, 7) is 0. The Labute approximate surface area is 157 Å². The van der Waals surface area contributed by atoms with E-state index < -0.39 is 18.0 Å². The van der Waals surface area contributed by atoms with Gasteiger partial charge in [-0.1, -0.05) is 0 Å². The third-order valence-corrected chi connectivity index (χ3v) is 4.56. The Hall–Kier alpha value is -2.97. The van der Waals surface area contributed by atoms with Crippen LogP contribution in [-0.2, 0) is 9.53 Å². The Bertz CT molecular complexity index is 712. The van der Waals surface area contributed by atoms with Gasteiger partial charge in [-0.15, -0.1) is 0 Å². The molecule has 2 amide bonds. The van der Waals surface area contributed by atoms with Crippen molar-refractivity contribution in [3.63, 3.8) is 0 Å². The summed E-state index contributed by atoms with van der Waals surface area (Å²) >= 11 is 0. The van der Waals surface area contributed by atoms with Gasteiger partial charge in [-0.05, 0) is 37.8 Å². The number of nitrogens with one attached hydrogen (secondary N) is 2. The minimum absolute atomic E-state index is 0.114. The molecule has 0 saturated heterocycles. The van der Waals surface area contributed by atoms with Gasteiger partial charge >= 0.3 is 18.0 Å². The first-order valence-electron chi connectivity index (χ1n) is 8.54. The molecule has 9 heteroatoms. The van der Waals surface area contributed by atoms with Crippen LogP contribution in [0.25, 0.3) is 0 Å². The lowest BCUT2D eigenvalue weighted by Crippen LogP contribution is -2.41. The molecule has 0 aliphatic heterocycles. The summed E-state index contributed by atoms with van der Waals surface area (Å²) in [5, 5.41) is 14.5. The van der Waals surface area contributed by atoms with E-state index in [0.29, 0.717) is 25.7 Å². The molecule has 1 aromatic rings. The smallest absolute Gasteiger partial charge is 0.338 e. The summed E-state index contributed by atoms with van der Waals surface area (Å²) in [6, 6.07) is 2.31. The Kier molecular flexibility index (Phi) is 6.86. The Balaban J connectivity index is 2.10. The number of urea groups is 1. The van der Waals surface area contributed by atoms with E-state index in [1.54, 1.807) is 0 Å². The zero-order valence-electron chi connectivity index (χ0n) is 15.5. The summed E-state index contributed by atoms with van der Waals surface area (Å²) in [6.07, 6.45) is 2.23. The molecule has 3 N–H and O–H groups in total. The molecule has 1 saturated carbocycles. The van der Waals surface area contributed by atoms with E-state index in [0.717, 1.165) is 0 Å². The fourth-order valence-electron chi connectivity index (χ4n) is 3.12. The second kappa shape index (κ2) is 9.11. The standard InChI is InChI=1S/C18H24N2O7/c1-25-14-9-11(17(23)27-3)8-13(15(14)26-2)20-18(24)19-12-6-4-10(5-7-12)16(21)22/h8-10,12H,4-7H2,1-3H3,(H,21,22)(H2,19,20,24). The van der Waals surface area contributed by atoms with Crippen LogP contribution in [0.4, 0.5) is 10.5 Å². The maximum absolute atomic E-state index is 12.4. The summed E-state index contributed by atoms with van der Waals surface area (Å²) in [4.78, 5) is 35.2. The van der Waals surface area contributed by atoms with Crippen molar-refractivity contribution in [2.45, 2.75) is 31.7 Å². The van der Waals surface area contributed by atoms with Gasteiger partial charge in [0.2, 0.25) is 0 Å². The monoisotopic (exact) mass is 380 g/mol. The van der Waals surface area contributed by atoms with E-state index in [-0.39, 0.29) is 34.7 Å². The van der Waals surface area contributed by atoms with E-state index in [2.05, 4.69) is 10.6 Å².